The largest absolute Gasteiger partial charge is 0.439 e. The molecule has 0 atom stereocenters. The first-order chi connectivity index (χ1) is 10.2. The molecule has 21 heavy (non-hydrogen) atoms. The van der Waals surface area contributed by atoms with Gasteiger partial charge in [0.25, 0.3) is 0 Å². The van der Waals surface area contributed by atoms with Crippen molar-refractivity contribution in [3.63, 3.8) is 0 Å². The highest BCUT2D eigenvalue weighted by Crippen LogP contribution is 2.27. The second-order valence-electron chi connectivity index (χ2n) is 4.96. The molecule has 0 spiro atoms. The van der Waals surface area contributed by atoms with Gasteiger partial charge in [-0.1, -0.05) is 18.2 Å². The van der Waals surface area contributed by atoms with Crippen LogP contribution in [0.5, 0.6) is 0 Å². The number of nitrogens with two attached hydrogens (primary N) is 1. The Labute approximate surface area is 129 Å². The van der Waals surface area contributed by atoms with Gasteiger partial charge >= 0.3 is 0 Å². The van der Waals surface area contributed by atoms with Gasteiger partial charge in [-0.05, 0) is 40.2 Å². The molecule has 2 heterocycles. The van der Waals surface area contributed by atoms with Crippen LogP contribution in [0.25, 0.3) is 22.0 Å². The zero-order valence-corrected chi connectivity index (χ0v) is 12.7. The van der Waals surface area contributed by atoms with E-state index in [1.807, 2.05) is 36.5 Å². The van der Waals surface area contributed by atoms with E-state index >= 15 is 0 Å². The maximum Gasteiger partial charge on any atom is 0.215 e. The zero-order chi connectivity index (χ0) is 14.4. The molecule has 2 aromatic carbocycles. The Bertz CT molecular complexity index is 955. The zero-order valence-electron chi connectivity index (χ0n) is 11.1. The molecule has 0 radical (unpaired) electrons. The summed E-state index contributed by atoms with van der Waals surface area (Å²) in [5, 5.41) is 1.18. The number of rotatable bonds is 2. The lowest BCUT2D eigenvalue weighted by Crippen LogP contribution is -1.97. The van der Waals surface area contributed by atoms with Crippen molar-refractivity contribution in [2.75, 3.05) is 5.73 Å². The fourth-order valence-electron chi connectivity index (χ4n) is 2.54. The molecule has 104 valence electrons. The van der Waals surface area contributed by atoms with E-state index in [0.29, 0.717) is 18.1 Å². The van der Waals surface area contributed by atoms with Gasteiger partial charge in [-0.2, -0.15) is 0 Å². The molecular formula is C16H12BrN3O. The second-order valence-corrected chi connectivity index (χ2v) is 5.81. The summed E-state index contributed by atoms with van der Waals surface area (Å²) in [7, 11) is 0. The van der Waals surface area contributed by atoms with Crippen molar-refractivity contribution in [2.24, 2.45) is 0 Å². The van der Waals surface area contributed by atoms with E-state index in [0.717, 1.165) is 21.1 Å². The molecule has 0 unspecified atom stereocenters. The van der Waals surface area contributed by atoms with Crippen molar-refractivity contribution in [1.82, 2.24) is 9.55 Å². The molecule has 4 rings (SSSR count). The third-order valence-electron chi connectivity index (χ3n) is 3.50. The molecule has 4 aromatic rings. The molecule has 0 aliphatic rings. The highest BCUT2D eigenvalue weighted by atomic mass is 79.9. The number of nitrogens with zero attached hydrogens (tertiary/aromatic N) is 2. The highest BCUT2D eigenvalue weighted by molar-refractivity contribution is 9.10. The van der Waals surface area contributed by atoms with Crippen molar-refractivity contribution in [2.45, 2.75) is 6.54 Å². The van der Waals surface area contributed by atoms with Crippen molar-refractivity contribution in [1.29, 1.82) is 0 Å². The van der Waals surface area contributed by atoms with Gasteiger partial charge in [0.05, 0.1) is 6.54 Å². The molecule has 5 heteroatoms. The molecule has 0 saturated heterocycles. The van der Waals surface area contributed by atoms with Crippen molar-refractivity contribution < 1.29 is 4.42 Å². The molecule has 0 bridgehead atoms. The summed E-state index contributed by atoms with van der Waals surface area (Å²) < 4.78 is 8.97. The second kappa shape index (κ2) is 4.63. The molecule has 2 N–H and O–H groups in total. The summed E-state index contributed by atoms with van der Waals surface area (Å²) >= 11 is 3.59. The molecule has 0 saturated carbocycles. The van der Waals surface area contributed by atoms with Crippen LogP contribution in [0.15, 0.2) is 57.6 Å². The first-order valence-corrected chi connectivity index (χ1v) is 7.38. The number of hydrogen-bond acceptors (Lipinski definition) is 3. The lowest BCUT2D eigenvalue weighted by molar-refractivity contribution is 0.513. The standard InChI is InChI=1S/C16H12BrN3O/c17-12-8-20(14-4-2-1-3-11(12)14)9-16-19-13-7-10(18)5-6-15(13)21-16/h1-8H,9,18H2. The quantitative estimate of drug-likeness (QED) is 0.556. The predicted molar refractivity (Wildman–Crippen MR) is 87.2 cm³/mol. The van der Waals surface area contributed by atoms with Gasteiger partial charge in [0.15, 0.2) is 5.58 Å². The molecular weight excluding hydrogens is 330 g/mol. The number of benzene rings is 2. The Hall–Kier alpha value is -2.27. The Morgan fingerprint density at radius 1 is 1.19 bits per heavy atom. The van der Waals surface area contributed by atoms with E-state index in [4.69, 9.17) is 10.2 Å². The van der Waals surface area contributed by atoms with Gasteiger partial charge in [0.2, 0.25) is 5.89 Å². The lowest BCUT2D eigenvalue weighted by Gasteiger charge is -2.00. The molecule has 0 aliphatic carbocycles. The first kappa shape index (κ1) is 12.5. The summed E-state index contributed by atoms with van der Waals surface area (Å²) in [5.74, 6) is 0.670. The maximum atomic E-state index is 5.78. The van der Waals surface area contributed by atoms with E-state index in [9.17, 15) is 0 Å². The van der Waals surface area contributed by atoms with Crippen LogP contribution in [-0.2, 0) is 6.54 Å². The fraction of sp³-hybridized carbons (Fsp3) is 0.0625. The number of fused-ring (bicyclic) bond motifs is 2. The van der Waals surface area contributed by atoms with E-state index in [2.05, 4.69) is 37.6 Å². The minimum Gasteiger partial charge on any atom is -0.439 e. The number of para-hydroxylation sites is 1. The van der Waals surface area contributed by atoms with E-state index in [1.54, 1.807) is 0 Å². The number of aromatic nitrogens is 2. The highest BCUT2D eigenvalue weighted by Gasteiger charge is 2.10. The molecule has 4 nitrogen and oxygen atoms in total. The van der Waals surface area contributed by atoms with Crippen LogP contribution in [-0.4, -0.2) is 9.55 Å². The molecule has 0 aliphatic heterocycles. The van der Waals surface area contributed by atoms with E-state index in [1.165, 1.54) is 5.39 Å². The van der Waals surface area contributed by atoms with E-state index < -0.39 is 0 Å². The van der Waals surface area contributed by atoms with Gasteiger partial charge in [-0.3, -0.25) is 0 Å². The maximum absolute atomic E-state index is 5.78. The summed E-state index contributed by atoms with van der Waals surface area (Å²) in [6, 6.07) is 13.7. The fourth-order valence-corrected chi connectivity index (χ4v) is 3.12. The summed E-state index contributed by atoms with van der Waals surface area (Å²) in [5.41, 5.74) is 9.16. The molecule has 2 aromatic heterocycles. The average molecular weight is 342 g/mol. The topological polar surface area (TPSA) is 57.0 Å². The Morgan fingerprint density at radius 2 is 2.05 bits per heavy atom. The minimum atomic E-state index is 0.584. The average Bonchev–Trinajstić information content (AvgIpc) is 3.01. The number of halogens is 1. The van der Waals surface area contributed by atoms with Crippen molar-refractivity contribution in [3.8, 4) is 0 Å². The van der Waals surface area contributed by atoms with Crippen LogP contribution in [0.4, 0.5) is 5.69 Å². The van der Waals surface area contributed by atoms with E-state index in [-0.39, 0.29) is 0 Å². The van der Waals surface area contributed by atoms with Crippen LogP contribution in [0.2, 0.25) is 0 Å². The third kappa shape index (κ3) is 2.10. The van der Waals surface area contributed by atoms with Gasteiger partial charge < -0.3 is 14.7 Å². The van der Waals surface area contributed by atoms with Crippen molar-refractivity contribution >= 4 is 43.6 Å². The number of oxazole rings is 1. The van der Waals surface area contributed by atoms with Crippen LogP contribution in [0.3, 0.4) is 0 Å². The van der Waals surface area contributed by atoms with Gasteiger partial charge in [0, 0.05) is 27.3 Å². The lowest BCUT2D eigenvalue weighted by atomic mass is 10.2. The summed E-state index contributed by atoms with van der Waals surface area (Å²) in [6.07, 6.45) is 2.05. The number of anilines is 1. The van der Waals surface area contributed by atoms with Crippen LogP contribution in [0, 0.1) is 0 Å². The number of hydrogen-bond donors (Lipinski definition) is 1. The van der Waals surface area contributed by atoms with Gasteiger partial charge in [0.1, 0.15) is 5.52 Å². The SMILES string of the molecule is Nc1ccc2oc(Cn3cc(Br)c4ccccc43)nc2c1. The smallest absolute Gasteiger partial charge is 0.215 e. The monoisotopic (exact) mass is 341 g/mol. The summed E-state index contributed by atoms with van der Waals surface area (Å²) in [6.45, 7) is 0.584. The summed E-state index contributed by atoms with van der Waals surface area (Å²) in [4.78, 5) is 4.50. The van der Waals surface area contributed by atoms with Crippen LogP contribution in [0.1, 0.15) is 5.89 Å². The van der Waals surface area contributed by atoms with Gasteiger partial charge in [-0.15, -0.1) is 0 Å². The van der Waals surface area contributed by atoms with Crippen LogP contribution >= 0.6 is 15.9 Å². The van der Waals surface area contributed by atoms with Crippen LogP contribution < -0.4 is 5.73 Å². The Balaban J connectivity index is 1.79. The molecule has 0 amide bonds. The normalized spacial score (nSPS) is 11.5. The third-order valence-corrected chi connectivity index (χ3v) is 4.13. The van der Waals surface area contributed by atoms with Gasteiger partial charge in [-0.25, -0.2) is 4.98 Å². The number of nitrogen functional groups attached to an aromatic ring is 1. The first-order valence-electron chi connectivity index (χ1n) is 6.59. The minimum absolute atomic E-state index is 0.584. The predicted octanol–water partition coefficient (Wildman–Crippen LogP) is 4.18. The Morgan fingerprint density at radius 3 is 2.95 bits per heavy atom. The molecule has 0 fully saturated rings. The Kier molecular flexibility index (Phi) is 2.75. The van der Waals surface area contributed by atoms with Crippen molar-refractivity contribution in [3.05, 3.63) is 59.0 Å².